The van der Waals surface area contributed by atoms with Crippen molar-refractivity contribution in [3.63, 3.8) is 0 Å². The lowest BCUT2D eigenvalue weighted by molar-refractivity contribution is 0.0926. The van der Waals surface area contributed by atoms with Crippen LogP contribution >= 0.6 is 0 Å². The van der Waals surface area contributed by atoms with Crippen LogP contribution in [0.25, 0.3) is 0 Å². The van der Waals surface area contributed by atoms with E-state index in [1.807, 2.05) is 42.3 Å². The average molecular weight is 341 g/mol. The number of rotatable bonds is 7. The van der Waals surface area contributed by atoms with Crippen molar-refractivity contribution >= 4 is 5.91 Å². The van der Waals surface area contributed by atoms with Crippen molar-refractivity contribution in [1.29, 1.82) is 0 Å². The van der Waals surface area contributed by atoms with Gasteiger partial charge >= 0.3 is 0 Å². The van der Waals surface area contributed by atoms with Crippen molar-refractivity contribution < 1.29 is 4.79 Å². The molecule has 1 unspecified atom stereocenters. The number of nitrogens with one attached hydrogen (secondary N) is 2. The fourth-order valence-electron chi connectivity index (χ4n) is 2.74. The number of hydrogen-bond donors (Lipinski definition) is 2. The molecule has 0 aromatic carbocycles. The van der Waals surface area contributed by atoms with Crippen LogP contribution < -0.4 is 5.32 Å². The fraction of sp³-hybridized carbons (Fsp3) is 0.412. The Hall–Kier alpha value is -2.90. The van der Waals surface area contributed by atoms with Gasteiger partial charge in [0.2, 0.25) is 0 Å². The molecule has 3 heterocycles. The summed E-state index contributed by atoms with van der Waals surface area (Å²) < 4.78 is 3.84. The molecule has 0 fully saturated rings. The molecule has 1 amide bonds. The first-order valence-corrected chi connectivity index (χ1v) is 8.37. The summed E-state index contributed by atoms with van der Waals surface area (Å²) in [5.41, 5.74) is 3.28. The van der Waals surface area contributed by atoms with E-state index in [1.54, 1.807) is 18.6 Å². The van der Waals surface area contributed by atoms with Gasteiger partial charge in [-0.3, -0.25) is 14.6 Å². The SMILES string of the molecule is CCC(Cn1ccnc1)NC(=O)c1cc(Cn2nc(C)cc2C)[nH]n1. The lowest BCUT2D eigenvalue weighted by atomic mass is 10.2. The molecule has 0 aliphatic rings. The Kier molecular flexibility index (Phi) is 4.97. The van der Waals surface area contributed by atoms with E-state index in [9.17, 15) is 4.79 Å². The van der Waals surface area contributed by atoms with Gasteiger partial charge in [-0.2, -0.15) is 10.2 Å². The number of H-pyrrole nitrogens is 1. The van der Waals surface area contributed by atoms with Gasteiger partial charge in [-0.15, -0.1) is 0 Å². The molecule has 8 heteroatoms. The van der Waals surface area contributed by atoms with E-state index in [1.165, 1.54) is 0 Å². The molecule has 0 spiro atoms. The molecule has 2 N–H and O–H groups in total. The summed E-state index contributed by atoms with van der Waals surface area (Å²) in [4.78, 5) is 16.5. The van der Waals surface area contributed by atoms with Crippen LogP contribution in [0.4, 0.5) is 0 Å². The molecule has 1 atom stereocenters. The quantitative estimate of drug-likeness (QED) is 0.684. The summed E-state index contributed by atoms with van der Waals surface area (Å²) >= 11 is 0. The first-order valence-electron chi connectivity index (χ1n) is 8.37. The largest absolute Gasteiger partial charge is 0.346 e. The number of aromatic amines is 1. The van der Waals surface area contributed by atoms with Crippen LogP contribution in [0.2, 0.25) is 0 Å². The van der Waals surface area contributed by atoms with Gasteiger partial charge in [-0.25, -0.2) is 4.98 Å². The van der Waals surface area contributed by atoms with Crippen LogP contribution in [-0.4, -0.2) is 41.5 Å². The van der Waals surface area contributed by atoms with Crippen LogP contribution in [0, 0.1) is 13.8 Å². The van der Waals surface area contributed by atoms with Crippen molar-refractivity contribution in [2.24, 2.45) is 0 Å². The van der Waals surface area contributed by atoms with Gasteiger partial charge < -0.3 is 9.88 Å². The predicted molar refractivity (Wildman–Crippen MR) is 93.2 cm³/mol. The van der Waals surface area contributed by atoms with E-state index >= 15 is 0 Å². The third-order valence-corrected chi connectivity index (χ3v) is 4.11. The van der Waals surface area contributed by atoms with Crippen molar-refractivity contribution in [2.75, 3.05) is 0 Å². The predicted octanol–water partition coefficient (Wildman–Crippen LogP) is 1.68. The van der Waals surface area contributed by atoms with Crippen LogP contribution in [0.5, 0.6) is 0 Å². The van der Waals surface area contributed by atoms with Crippen molar-refractivity contribution in [3.8, 4) is 0 Å². The summed E-state index contributed by atoms with van der Waals surface area (Å²) in [5.74, 6) is -0.178. The van der Waals surface area contributed by atoms with Crippen molar-refractivity contribution in [2.45, 2.75) is 46.3 Å². The highest BCUT2D eigenvalue weighted by molar-refractivity contribution is 5.92. The summed E-state index contributed by atoms with van der Waals surface area (Å²) in [7, 11) is 0. The van der Waals surface area contributed by atoms with E-state index in [-0.39, 0.29) is 11.9 Å². The molecule has 25 heavy (non-hydrogen) atoms. The maximum absolute atomic E-state index is 12.4. The van der Waals surface area contributed by atoms with Gasteiger partial charge in [0.05, 0.1) is 24.3 Å². The van der Waals surface area contributed by atoms with Gasteiger partial charge in [-0.05, 0) is 32.4 Å². The number of carbonyl (C=O) groups is 1. The maximum atomic E-state index is 12.4. The van der Waals surface area contributed by atoms with E-state index < -0.39 is 0 Å². The first kappa shape index (κ1) is 16.9. The molecule has 132 valence electrons. The lowest BCUT2D eigenvalue weighted by Crippen LogP contribution is -2.37. The Morgan fingerprint density at radius 1 is 1.36 bits per heavy atom. The summed E-state index contributed by atoms with van der Waals surface area (Å²) in [5, 5.41) is 14.5. The summed E-state index contributed by atoms with van der Waals surface area (Å²) in [6, 6.07) is 3.82. The number of carbonyl (C=O) groups excluding carboxylic acids is 1. The number of aryl methyl sites for hydroxylation is 2. The molecule has 0 aliphatic carbocycles. The molecule has 3 rings (SSSR count). The molecule has 0 saturated heterocycles. The zero-order chi connectivity index (χ0) is 17.8. The second-order valence-electron chi connectivity index (χ2n) is 6.20. The Bertz CT molecular complexity index is 831. The Morgan fingerprint density at radius 2 is 2.20 bits per heavy atom. The van der Waals surface area contributed by atoms with E-state index in [2.05, 4.69) is 25.6 Å². The summed E-state index contributed by atoms with van der Waals surface area (Å²) in [6.07, 6.45) is 6.19. The second kappa shape index (κ2) is 7.33. The molecule has 0 radical (unpaired) electrons. The highest BCUT2D eigenvalue weighted by Gasteiger charge is 2.16. The van der Waals surface area contributed by atoms with Crippen LogP contribution in [0.3, 0.4) is 0 Å². The Morgan fingerprint density at radius 3 is 2.84 bits per heavy atom. The highest BCUT2D eigenvalue weighted by atomic mass is 16.2. The van der Waals surface area contributed by atoms with Gasteiger partial charge in [0.1, 0.15) is 5.69 Å². The standard InChI is InChI=1S/C17H23N7O/c1-4-14(9-23-6-5-18-11-23)19-17(25)16-8-15(20-21-16)10-24-13(3)7-12(2)22-24/h5-8,11,14H,4,9-10H2,1-3H3,(H,19,25)(H,20,21). The molecule has 0 aliphatic heterocycles. The second-order valence-corrected chi connectivity index (χ2v) is 6.20. The van der Waals surface area contributed by atoms with Crippen molar-refractivity contribution in [1.82, 2.24) is 34.8 Å². The number of imidazole rings is 1. The van der Waals surface area contributed by atoms with Crippen LogP contribution in [0.1, 0.15) is 40.9 Å². The minimum Gasteiger partial charge on any atom is -0.346 e. The molecule has 0 saturated carbocycles. The topological polar surface area (TPSA) is 93.4 Å². The molecule has 3 aromatic rings. The number of amides is 1. The third kappa shape index (κ3) is 4.14. The van der Waals surface area contributed by atoms with Gasteiger partial charge in [0, 0.05) is 30.7 Å². The molecular formula is C17H23N7O. The monoisotopic (exact) mass is 341 g/mol. The zero-order valence-electron chi connectivity index (χ0n) is 14.7. The van der Waals surface area contributed by atoms with Gasteiger partial charge in [0.15, 0.2) is 0 Å². The Labute approximate surface area is 146 Å². The maximum Gasteiger partial charge on any atom is 0.272 e. The summed E-state index contributed by atoms with van der Waals surface area (Å²) in [6.45, 7) is 7.25. The van der Waals surface area contributed by atoms with E-state index in [0.717, 1.165) is 23.5 Å². The van der Waals surface area contributed by atoms with Gasteiger partial charge in [0.25, 0.3) is 5.91 Å². The molecule has 0 bridgehead atoms. The number of nitrogens with zero attached hydrogens (tertiary/aromatic N) is 5. The smallest absolute Gasteiger partial charge is 0.272 e. The van der Waals surface area contributed by atoms with Crippen molar-refractivity contribution in [3.05, 3.63) is 53.6 Å². The van der Waals surface area contributed by atoms with E-state index in [0.29, 0.717) is 18.8 Å². The van der Waals surface area contributed by atoms with E-state index in [4.69, 9.17) is 0 Å². The minimum absolute atomic E-state index is 0.0258. The third-order valence-electron chi connectivity index (χ3n) is 4.11. The lowest BCUT2D eigenvalue weighted by Gasteiger charge is -2.16. The van der Waals surface area contributed by atoms with Crippen LogP contribution in [0.15, 0.2) is 30.9 Å². The average Bonchev–Trinajstić information content (AvgIpc) is 3.30. The normalized spacial score (nSPS) is 12.3. The minimum atomic E-state index is -0.178. The molecule has 8 nitrogen and oxygen atoms in total. The van der Waals surface area contributed by atoms with Gasteiger partial charge in [-0.1, -0.05) is 6.92 Å². The Balaban J connectivity index is 1.62. The highest BCUT2D eigenvalue weighted by Crippen LogP contribution is 2.07. The molecular weight excluding hydrogens is 318 g/mol. The zero-order valence-corrected chi connectivity index (χ0v) is 14.7. The molecule has 3 aromatic heterocycles. The number of aromatic nitrogens is 6. The fourth-order valence-corrected chi connectivity index (χ4v) is 2.74. The number of hydrogen-bond acceptors (Lipinski definition) is 4. The first-order chi connectivity index (χ1) is 12.0. The van der Waals surface area contributed by atoms with Crippen LogP contribution in [-0.2, 0) is 13.1 Å².